The average Bonchev–Trinajstić information content (AvgIpc) is 3.29. The van der Waals surface area contributed by atoms with E-state index in [1.165, 1.54) is 22.8 Å². The number of carboxylic acid groups (broad SMARTS) is 1. The predicted octanol–water partition coefficient (Wildman–Crippen LogP) is 5.38. The number of aliphatic carboxylic acids is 1. The Balaban J connectivity index is 1.35. The number of benzene rings is 3. The first-order valence-electron chi connectivity index (χ1n) is 11.4. The zero-order valence-corrected chi connectivity index (χ0v) is 20.4. The molecule has 38 heavy (non-hydrogen) atoms. The summed E-state index contributed by atoms with van der Waals surface area (Å²) in [6, 6.07) is 18.8. The van der Waals surface area contributed by atoms with Gasteiger partial charge in [-0.15, -0.1) is 0 Å². The number of oxazole rings is 1. The molecule has 0 saturated carbocycles. The molecule has 10 heteroatoms. The van der Waals surface area contributed by atoms with Crippen LogP contribution in [0.25, 0.3) is 22.6 Å². The number of carbonyl (C=O) groups excluding carboxylic acids is 1. The van der Waals surface area contributed by atoms with Gasteiger partial charge in [0.05, 0.1) is 18.7 Å². The summed E-state index contributed by atoms with van der Waals surface area (Å²) in [5.74, 6) is -2.34. The second kappa shape index (κ2) is 10.3. The number of anilines is 1. The van der Waals surface area contributed by atoms with Crippen LogP contribution in [0, 0.1) is 5.82 Å². The number of halogens is 2. The van der Waals surface area contributed by atoms with Crippen LogP contribution in [0.5, 0.6) is 0 Å². The maximum Gasteiger partial charge on any atom is 0.307 e. The molecule has 2 aromatic heterocycles. The second-order valence-electron chi connectivity index (χ2n) is 8.53. The Bertz CT molecular complexity index is 1760. The fraction of sp³-hybridized carbons (Fsp3) is 0.0714. The lowest BCUT2D eigenvalue weighted by molar-refractivity contribution is -0.136. The van der Waals surface area contributed by atoms with E-state index in [2.05, 4.69) is 10.3 Å². The molecular formula is C28H19ClFN3O5. The number of nitrogens with one attached hydrogen (secondary N) is 1. The van der Waals surface area contributed by atoms with Gasteiger partial charge in [0.25, 0.3) is 11.5 Å². The molecule has 0 atom stereocenters. The maximum atomic E-state index is 14.9. The summed E-state index contributed by atoms with van der Waals surface area (Å²) in [6.45, 7) is 0.214. The van der Waals surface area contributed by atoms with E-state index in [-0.39, 0.29) is 30.1 Å². The SMILES string of the molecule is O=C(O)Cc1ccc2oc(-c3ccc(NC(=O)c4cccn(Cc5cccc(Cl)c5)c4=O)c(F)c3)nc2c1. The van der Waals surface area contributed by atoms with Crippen molar-refractivity contribution in [1.82, 2.24) is 9.55 Å². The Morgan fingerprint density at radius 1 is 1.03 bits per heavy atom. The van der Waals surface area contributed by atoms with Crippen molar-refractivity contribution in [3.63, 3.8) is 0 Å². The molecule has 0 aliphatic carbocycles. The van der Waals surface area contributed by atoms with Crippen LogP contribution in [-0.4, -0.2) is 26.5 Å². The van der Waals surface area contributed by atoms with Crippen molar-refractivity contribution in [3.8, 4) is 11.5 Å². The van der Waals surface area contributed by atoms with Gasteiger partial charge in [0.1, 0.15) is 16.9 Å². The summed E-state index contributed by atoms with van der Waals surface area (Å²) in [5.41, 5.74) is 1.73. The van der Waals surface area contributed by atoms with E-state index in [9.17, 15) is 18.8 Å². The van der Waals surface area contributed by atoms with Crippen molar-refractivity contribution >= 4 is 40.3 Å². The van der Waals surface area contributed by atoms with Gasteiger partial charge in [-0.05, 0) is 65.7 Å². The predicted molar refractivity (Wildman–Crippen MR) is 140 cm³/mol. The number of rotatable bonds is 7. The molecule has 3 aromatic carbocycles. The minimum absolute atomic E-state index is 0.122. The van der Waals surface area contributed by atoms with Crippen LogP contribution >= 0.6 is 11.6 Å². The first-order valence-corrected chi connectivity index (χ1v) is 11.8. The van der Waals surface area contributed by atoms with E-state index in [1.807, 2.05) is 6.07 Å². The molecule has 0 aliphatic heterocycles. The normalized spacial score (nSPS) is 11.0. The number of nitrogens with zero attached hydrogens (tertiary/aromatic N) is 2. The Kier molecular flexibility index (Phi) is 6.76. The van der Waals surface area contributed by atoms with Gasteiger partial charge in [0.2, 0.25) is 5.89 Å². The third-order valence-corrected chi connectivity index (χ3v) is 6.01. The highest BCUT2D eigenvalue weighted by atomic mass is 35.5. The molecule has 0 saturated heterocycles. The van der Waals surface area contributed by atoms with Gasteiger partial charge in [-0.2, -0.15) is 0 Å². The van der Waals surface area contributed by atoms with Crippen molar-refractivity contribution < 1.29 is 23.5 Å². The largest absolute Gasteiger partial charge is 0.481 e. The second-order valence-corrected chi connectivity index (χ2v) is 8.96. The van der Waals surface area contributed by atoms with E-state index in [4.69, 9.17) is 21.1 Å². The van der Waals surface area contributed by atoms with Crippen LogP contribution in [0.4, 0.5) is 10.1 Å². The number of aromatic nitrogens is 2. The van der Waals surface area contributed by atoms with E-state index < -0.39 is 23.3 Å². The lowest BCUT2D eigenvalue weighted by Crippen LogP contribution is -2.29. The first kappa shape index (κ1) is 24.9. The molecule has 5 rings (SSSR count). The molecular weight excluding hydrogens is 513 g/mol. The van der Waals surface area contributed by atoms with Gasteiger partial charge in [-0.25, -0.2) is 9.37 Å². The number of amides is 1. The van der Waals surface area contributed by atoms with Crippen LogP contribution in [0.15, 0.2) is 88.2 Å². The highest BCUT2D eigenvalue weighted by Crippen LogP contribution is 2.28. The maximum absolute atomic E-state index is 14.9. The van der Waals surface area contributed by atoms with Crippen LogP contribution in [-0.2, 0) is 17.8 Å². The number of carbonyl (C=O) groups is 2. The monoisotopic (exact) mass is 531 g/mol. The standard InChI is InChI=1S/C28H19ClFN3O5/c29-19-4-1-3-17(11-19)15-33-10-2-5-20(28(33)37)26(36)31-22-8-7-18(14-21(22)30)27-32-23-12-16(13-25(34)35)6-9-24(23)38-27/h1-12,14H,13,15H2,(H,31,36)(H,34,35). The van der Waals surface area contributed by atoms with E-state index in [1.54, 1.807) is 48.7 Å². The molecule has 0 bridgehead atoms. The Labute approximate surface area is 219 Å². The molecule has 0 radical (unpaired) electrons. The third kappa shape index (κ3) is 5.33. The number of fused-ring (bicyclic) bond motifs is 1. The van der Waals surface area contributed by atoms with Gasteiger partial charge in [0.15, 0.2) is 5.58 Å². The molecule has 2 N–H and O–H groups in total. The minimum atomic E-state index is -0.969. The molecule has 0 spiro atoms. The van der Waals surface area contributed by atoms with E-state index >= 15 is 0 Å². The molecule has 190 valence electrons. The highest BCUT2D eigenvalue weighted by molar-refractivity contribution is 6.30. The van der Waals surface area contributed by atoms with Gasteiger partial charge >= 0.3 is 5.97 Å². The summed E-state index contributed by atoms with van der Waals surface area (Å²) < 4.78 is 22.0. The zero-order valence-electron chi connectivity index (χ0n) is 19.7. The summed E-state index contributed by atoms with van der Waals surface area (Å²) in [4.78, 5) is 41.0. The molecule has 8 nitrogen and oxygen atoms in total. The van der Waals surface area contributed by atoms with Crippen LogP contribution in [0.3, 0.4) is 0 Å². The van der Waals surface area contributed by atoms with Crippen LogP contribution in [0.1, 0.15) is 21.5 Å². The van der Waals surface area contributed by atoms with Crippen molar-refractivity contribution in [2.24, 2.45) is 0 Å². The highest BCUT2D eigenvalue weighted by Gasteiger charge is 2.17. The molecule has 1 amide bonds. The van der Waals surface area contributed by atoms with Crippen molar-refractivity contribution in [2.75, 3.05) is 5.32 Å². The van der Waals surface area contributed by atoms with Crippen molar-refractivity contribution in [3.05, 3.63) is 117 Å². The fourth-order valence-electron chi connectivity index (χ4n) is 3.99. The Morgan fingerprint density at radius 3 is 2.63 bits per heavy atom. The summed E-state index contributed by atoms with van der Waals surface area (Å²) >= 11 is 6.01. The number of pyridine rings is 1. The molecule has 0 fully saturated rings. The Morgan fingerprint density at radius 2 is 1.87 bits per heavy atom. The number of carboxylic acids is 1. The lowest BCUT2D eigenvalue weighted by Gasteiger charge is -2.10. The number of hydrogen-bond donors (Lipinski definition) is 2. The molecule has 5 aromatic rings. The summed E-state index contributed by atoms with van der Waals surface area (Å²) in [5, 5.41) is 11.9. The minimum Gasteiger partial charge on any atom is -0.481 e. The average molecular weight is 532 g/mol. The molecule has 0 aliphatic rings. The Hall–Kier alpha value is -4.76. The zero-order chi connectivity index (χ0) is 26.8. The van der Waals surface area contributed by atoms with Crippen molar-refractivity contribution in [2.45, 2.75) is 13.0 Å². The van der Waals surface area contributed by atoms with Gasteiger partial charge in [-0.3, -0.25) is 14.4 Å². The molecule has 0 unspecified atom stereocenters. The van der Waals surface area contributed by atoms with Crippen molar-refractivity contribution in [1.29, 1.82) is 0 Å². The smallest absolute Gasteiger partial charge is 0.307 e. The fourth-order valence-corrected chi connectivity index (χ4v) is 4.20. The summed E-state index contributed by atoms with van der Waals surface area (Å²) in [6.07, 6.45) is 1.40. The van der Waals surface area contributed by atoms with Gasteiger partial charge in [0, 0.05) is 16.8 Å². The summed E-state index contributed by atoms with van der Waals surface area (Å²) in [7, 11) is 0. The molecule has 2 heterocycles. The van der Waals surface area contributed by atoms with Crippen LogP contribution in [0.2, 0.25) is 5.02 Å². The lowest BCUT2D eigenvalue weighted by atomic mass is 10.1. The first-order chi connectivity index (χ1) is 18.3. The quantitative estimate of drug-likeness (QED) is 0.291. The van der Waals surface area contributed by atoms with Gasteiger partial charge in [-0.1, -0.05) is 29.8 Å². The van der Waals surface area contributed by atoms with Gasteiger partial charge < -0.3 is 19.4 Å². The third-order valence-electron chi connectivity index (χ3n) is 5.78. The van der Waals surface area contributed by atoms with E-state index in [0.29, 0.717) is 27.2 Å². The van der Waals surface area contributed by atoms with Crippen LogP contribution < -0.4 is 10.9 Å². The van der Waals surface area contributed by atoms with E-state index in [0.717, 1.165) is 11.6 Å². The number of hydrogen-bond acceptors (Lipinski definition) is 5. The topological polar surface area (TPSA) is 114 Å².